The van der Waals surface area contributed by atoms with Gasteiger partial charge in [-0.15, -0.1) is 11.3 Å². The second kappa shape index (κ2) is 4.52. The van der Waals surface area contributed by atoms with Gasteiger partial charge in [0.05, 0.1) is 5.69 Å². The fourth-order valence-electron chi connectivity index (χ4n) is 0.942. The highest BCUT2D eigenvalue weighted by Crippen LogP contribution is 2.15. The van der Waals surface area contributed by atoms with Crippen molar-refractivity contribution in [2.24, 2.45) is 0 Å². The zero-order chi connectivity index (χ0) is 10.7. The molecule has 0 saturated heterocycles. The van der Waals surface area contributed by atoms with Crippen LogP contribution >= 0.6 is 11.3 Å². The summed E-state index contributed by atoms with van der Waals surface area (Å²) in [5.41, 5.74) is 1.02. The van der Waals surface area contributed by atoms with Crippen LogP contribution in [0.4, 0.5) is 0 Å². The Kier molecular flexibility index (Phi) is 3.60. The van der Waals surface area contributed by atoms with Crippen molar-refractivity contribution in [1.82, 2.24) is 10.3 Å². The lowest BCUT2D eigenvalue weighted by Gasteiger charge is -2.06. The topological polar surface area (TPSA) is 62.2 Å². The van der Waals surface area contributed by atoms with E-state index in [9.17, 15) is 4.79 Å². The number of hydrogen-bond donors (Lipinski definition) is 2. The van der Waals surface area contributed by atoms with Gasteiger partial charge in [-0.3, -0.25) is 10.1 Å². The largest absolute Gasteiger partial charge is 0.480 e. The van der Waals surface area contributed by atoms with Gasteiger partial charge in [-0.05, 0) is 20.8 Å². The molecule has 0 aliphatic heterocycles. The molecule has 0 radical (unpaired) electrons. The zero-order valence-corrected chi connectivity index (χ0v) is 9.31. The van der Waals surface area contributed by atoms with Gasteiger partial charge in [-0.2, -0.15) is 0 Å². The summed E-state index contributed by atoms with van der Waals surface area (Å²) in [6.07, 6.45) is 0. The van der Waals surface area contributed by atoms with Gasteiger partial charge in [0.1, 0.15) is 11.0 Å². The average molecular weight is 214 g/mol. The number of thiazole rings is 1. The molecular weight excluding hydrogens is 200 g/mol. The van der Waals surface area contributed by atoms with Crippen LogP contribution in [0.15, 0.2) is 0 Å². The fraction of sp³-hybridized carbons (Fsp3) is 0.556. The molecule has 0 spiro atoms. The van der Waals surface area contributed by atoms with Crippen LogP contribution in [0, 0.1) is 13.8 Å². The van der Waals surface area contributed by atoms with Crippen molar-refractivity contribution in [2.45, 2.75) is 33.4 Å². The number of nitrogens with one attached hydrogen (secondary N) is 1. The van der Waals surface area contributed by atoms with Crippen LogP contribution in [0.1, 0.15) is 22.5 Å². The quantitative estimate of drug-likeness (QED) is 0.793. The SMILES string of the molecule is Cc1nc(CN[C@H](C)C(=O)O)sc1C. The Bertz CT molecular complexity index is 316. The summed E-state index contributed by atoms with van der Waals surface area (Å²) in [5.74, 6) is -0.838. The van der Waals surface area contributed by atoms with Gasteiger partial charge >= 0.3 is 5.97 Å². The number of rotatable bonds is 4. The van der Waals surface area contributed by atoms with E-state index in [-0.39, 0.29) is 0 Å². The van der Waals surface area contributed by atoms with Gasteiger partial charge in [-0.25, -0.2) is 4.98 Å². The molecule has 1 rings (SSSR count). The number of carbonyl (C=O) groups is 1. The monoisotopic (exact) mass is 214 g/mol. The molecule has 1 heterocycles. The van der Waals surface area contributed by atoms with Crippen molar-refractivity contribution in [3.63, 3.8) is 0 Å². The summed E-state index contributed by atoms with van der Waals surface area (Å²) in [6.45, 7) is 6.11. The first-order valence-corrected chi connectivity index (χ1v) is 5.21. The highest BCUT2D eigenvalue weighted by Gasteiger charge is 2.10. The molecule has 5 heteroatoms. The Hall–Kier alpha value is -0.940. The normalized spacial score (nSPS) is 12.8. The number of aliphatic carboxylic acids is 1. The maximum absolute atomic E-state index is 10.5. The van der Waals surface area contributed by atoms with E-state index in [0.717, 1.165) is 10.7 Å². The van der Waals surface area contributed by atoms with Gasteiger partial charge in [-0.1, -0.05) is 0 Å². The lowest BCUT2D eigenvalue weighted by atomic mass is 10.3. The summed E-state index contributed by atoms with van der Waals surface area (Å²) in [5, 5.41) is 12.5. The standard InChI is InChI=1S/C9H14N2O2S/c1-5-7(3)14-8(11-5)4-10-6(2)9(12)13/h6,10H,4H2,1-3H3,(H,12,13)/t6-/m1/s1. The number of aromatic nitrogens is 1. The predicted octanol–water partition coefficient (Wildman–Crippen LogP) is 1.32. The van der Waals surface area contributed by atoms with Gasteiger partial charge in [0.25, 0.3) is 0 Å². The van der Waals surface area contributed by atoms with E-state index in [1.165, 1.54) is 4.88 Å². The minimum Gasteiger partial charge on any atom is -0.480 e. The fourth-order valence-corrected chi connectivity index (χ4v) is 1.83. The minimum atomic E-state index is -0.838. The van der Waals surface area contributed by atoms with E-state index >= 15 is 0 Å². The van der Waals surface area contributed by atoms with Gasteiger partial charge in [0, 0.05) is 11.4 Å². The van der Waals surface area contributed by atoms with Crippen molar-refractivity contribution >= 4 is 17.3 Å². The molecule has 78 valence electrons. The maximum atomic E-state index is 10.5. The predicted molar refractivity (Wildman–Crippen MR) is 55.5 cm³/mol. The number of carboxylic acid groups (broad SMARTS) is 1. The van der Waals surface area contributed by atoms with E-state index < -0.39 is 12.0 Å². The summed E-state index contributed by atoms with van der Waals surface area (Å²) in [6, 6.07) is -0.528. The number of nitrogens with zero attached hydrogens (tertiary/aromatic N) is 1. The molecule has 0 unspecified atom stereocenters. The van der Waals surface area contributed by atoms with E-state index in [1.54, 1.807) is 18.3 Å². The van der Waals surface area contributed by atoms with Crippen LogP contribution in [-0.2, 0) is 11.3 Å². The Morgan fingerprint density at radius 1 is 1.64 bits per heavy atom. The molecular formula is C9H14N2O2S. The van der Waals surface area contributed by atoms with Crippen LogP contribution in [0.2, 0.25) is 0 Å². The number of carboxylic acids is 1. The van der Waals surface area contributed by atoms with Gasteiger partial charge in [0.2, 0.25) is 0 Å². The molecule has 0 aromatic carbocycles. The number of hydrogen-bond acceptors (Lipinski definition) is 4. The van der Waals surface area contributed by atoms with Crippen molar-refractivity contribution in [3.8, 4) is 0 Å². The first kappa shape index (κ1) is 11.1. The Morgan fingerprint density at radius 2 is 2.29 bits per heavy atom. The molecule has 0 aliphatic carbocycles. The average Bonchev–Trinajstić information content (AvgIpc) is 2.42. The molecule has 0 fully saturated rings. The molecule has 14 heavy (non-hydrogen) atoms. The smallest absolute Gasteiger partial charge is 0.320 e. The molecule has 2 N–H and O–H groups in total. The maximum Gasteiger partial charge on any atom is 0.320 e. The van der Waals surface area contributed by atoms with Crippen LogP contribution in [0.25, 0.3) is 0 Å². The first-order valence-electron chi connectivity index (χ1n) is 4.40. The minimum absolute atomic E-state index is 0.521. The molecule has 4 nitrogen and oxygen atoms in total. The molecule has 1 aromatic heterocycles. The highest BCUT2D eigenvalue weighted by molar-refractivity contribution is 7.11. The van der Waals surface area contributed by atoms with Crippen molar-refractivity contribution < 1.29 is 9.90 Å². The van der Waals surface area contributed by atoms with Crippen LogP contribution in [0.3, 0.4) is 0 Å². The van der Waals surface area contributed by atoms with E-state index in [2.05, 4.69) is 10.3 Å². The molecule has 0 bridgehead atoms. The molecule has 0 saturated carbocycles. The van der Waals surface area contributed by atoms with Crippen LogP contribution < -0.4 is 5.32 Å². The lowest BCUT2D eigenvalue weighted by Crippen LogP contribution is -2.33. The number of aryl methyl sites for hydroxylation is 2. The molecule has 1 atom stereocenters. The summed E-state index contributed by atoms with van der Waals surface area (Å²) in [7, 11) is 0. The van der Waals surface area contributed by atoms with E-state index in [0.29, 0.717) is 6.54 Å². The summed E-state index contributed by atoms with van der Waals surface area (Å²) in [4.78, 5) is 16.0. The Morgan fingerprint density at radius 3 is 2.71 bits per heavy atom. The van der Waals surface area contributed by atoms with Gasteiger partial charge < -0.3 is 5.11 Å². The summed E-state index contributed by atoms with van der Waals surface area (Å²) < 4.78 is 0. The third-order valence-electron chi connectivity index (χ3n) is 2.00. The first-order chi connectivity index (χ1) is 6.50. The summed E-state index contributed by atoms with van der Waals surface area (Å²) >= 11 is 1.60. The third-order valence-corrected chi connectivity index (χ3v) is 3.08. The zero-order valence-electron chi connectivity index (χ0n) is 8.50. The third kappa shape index (κ3) is 2.78. The van der Waals surface area contributed by atoms with Crippen molar-refractivity contribution in [1.29, 1.82) is 0 Å². The highest BCUT2D eigenvalue weighted by atomic mass is 32.1. The van der Waals surface area contributed by atoms with Crippen LogP contribution in [-0.4, -0.2) is 22.1 Å². The molecule has 0 amide bonds. The van der Waals surface area contributed by atoms with E-state index in [4.69, 9.17) is 5.11 Å². The van der Waals surface area contributed by atoms with Gasteiger partial charge in [0.15, 0.2) is 0 Å². The lowest BCUT2D eigenvalue weighted by molar-refractivity contribution is -0.139. The second-order valence-corrected chi connectivity index (χ2v) is 4.48. The molecule has 1 aromatic rings. The Labute approximate surface area is 87.0 Å². The Balaban J connectivity index is 2.50. The second-order valence-electron chi connectivity index (χ2n) is 3.19. The van der Waals surface area contributed by atoms with Crippen molar-refractivity contribution in [3.05, 3.63) is 15.6 Å². The van der Waals surface area contributed by atoms with Crippen LogP contribution in [0.5, 0.6) is 0 Å². The van der Waals surface area contributed by atoms with E-state index in [1.807, 2.05) is 13.8 Å². The molecule has 0 aliphatic rings. The van der Waals surface area contributed by atoms with Crippen molar-refractivity contribution in [2.75, 3.05) is 0 Å².